The molecule has 2 unspecified atom stereocenters. The molecule has 2 atom stereocenters. The van der Waals surface area contributed by atoms with E-state index < -0.39 is 5.97 Å². The van der Waals surface area contributed by atoms with Crippen molar-refractivity contribution >= 4 is 5.97 Å². The monoisotopic (exact) mass is 185 g/mol. The molecule has 1 aliphatic rings. The summed E-state index contributed by atoms with van der Waals surface area (Å²) in [6.07, 6.45) is 3.98. The molecule has 0 spiro atoms. The second-order valence-corrected chi connectivity index (χ2v) is 4.01. The lowest BCUT2D eigenvalue weighted by molar-refractivity contribution is -0.137. The fraction of sp³-hybridized carbons (Fsp3) is 0.900. The van der Waals surface area contributed by atoms with Gasteiger partial charge in [0, 0.05) is 18.6 Å². The lowest BCUT2D eigenvalue weighted by Crippen LogP contribution is -2.44. The van der Waals surface area contributed by atoms with Gasteiger partial charge >= 0.3 is 5.97 Å². The van der Waals surface area contributed by atoms with Crippen molar-refractivity contribution < 1.29 is 9.90 Å². The number of carboxylic acid groups (broad SMARTS) is 1. The van der Waals surface area contributed by atoms with Crippen molar-refractivity contribution in [2.24, 2.45) is 0 Å². The van der Waals surface area contributed by atoms with Crippen LogP contribution in [0.1, 0.15) is 39.5 Å². The summed E-state index contributed by atoms with van der Waals surface area (Å²) in [4.78, 5) is 12.7. The van der Waals surface area contributed by atoms with Gasteiger partial charge in [0.2, 0.25) is 0 Å². The molecule has 0 radical (unpaired) electrons. The normalized spacial score (nSPS) is 30.3. The molecule has 1 heterocycles. The van der Waals surface area contributed by atoms with Gasteiger partial charge in [-0.2, -0.15) is 0 Å². The van der Waals surface area contributed by atoms with Crippen LogP contribution in [-0.4, -0.2) is 34.6 Å². The topological polar surface area (TPSA) is 40.5 Å². The summed E-state index contributed by atoms with van der Waals surface area (Å²) in [6, 6.07) is 1.12. The molecule has 76 valence electrons. The molecule has 3 heteroatoms. The zero-order valence-corrected chi connectivity index (χ0v) is 8.49. The summed E-state index contributed by atoms with van der Waals surface area (Å²) in [5, 5.41) is 8.59. The first-order valence-corrected chi connectivity index (χ1v) is 5.09. The van der Waals surface area contributed by atoms with Gasteiger partial charge in [-0.15, -0.1) is 0 Å². The Morgan fingerprint density at radius 3 is 2.38 bits per heavy atom. The molecule has 0 amide bonds. The van der Waals surface area contributed by atoms with Gasteiger partial charge in [0.15, 0.2) is 0 Å². The quantitative estimate of drug-likeness (QED) is 0.728. The van der Waals surface area contributed by atoms with Crippen molar-refractivity contribution in [1.29, 1.82) is 0 Å². The Labute approximate surface area is 79.7 Å². The lowest BCUT2D eigenvalue weighted by atomic mass is 9.97. The molecule has 1 saturated heterocycles. The Morgan fingerprint density at radius 1 is 1.38 bits per heavy atom. The van der Waals surface area contributed by atoms with Crippen LogP contribution in [0, 0.1) is 0 Å². The average Bonchev–Trinajstić information content (AvgIpc) is 2.03. The van der Waals surface area contributed by atoms with Crippen LogP contribution < -0.4 is 0 Å². The zero-order chi connectivity index (χ0) is 9.84. The van der Waals surface area contributed by atoms with Crippen LogP contribution in [-0.2, 0) is 4.79 Å². The predicted octanol–water partition coefficient (Wildman–Crippen LogP) is 1.72. The lowest BCUT2D eigenvalue weighted by Gasteiger charge is -2.38. The second-order valence-electron chi connectivity index (χ2n) is 4.01. The number of carbonyl (C=O) groups is 1. The molecule has 0 aromatic heterocycles. The minimum atomic E-state index is -0.690. The van der Waals surface area contributed by atoms with E-state index in [1.807, 2.05) is 0 Å². The van der Waals surface area contributed by atoms with Crippen LogP contribution in [0.25, 0.3) is 0 Å². The Balaban J connectivity index is 2.39. The predicted molar refractivity (Wildman–Crippen MR) is 51.7 cm³/mol. The van der Waals surface area contributed by atoms with E-state index in [0.29, 0.717) is 18.6 Å². The highest BCUT2D eigenvalue weighted by molar-refractivity contribution is 5.66. The van der Waals surface area contributed by atoms with Gasteiger partial charge in [0.05, 0.1) is 6.42 Å². The Hall–Kier alpha value is -0.570. The molecule has 0 bridgehead atoms. The van der Waals surface area contributed by atoms with Crippen molar-refractivity contribution in [2.75, 3.05) is 6.54 Å². The summed E-state index contributed by atoms with van der Waals surface area (Å²) in [7, 11) is 0. The molecule has 13 heavy (non-hydrogen) atoms. The summed E-state index contributed by atoms with van der Waals surface area (Å²) in [5.74, 6) is -0.690. The van der Waals surface area contributed by atoms with Crippen LogP contribution >= 0.6 is 0 Å². The highest BCUT2D eigenvalue weighted by Gasteiger charge is 2.24. The smallest absolute Gasteiger partial charge is 0.304 e. The van der Waals surface area contributed by atoms with Crippen molar-refractivity contribution in [3.63, 3.8) is 0 Å². The first-order chi connectivity index (χ1) is 6.11. The third-order valence-electron chi connectivity index (χ3n) is 2.96. The molecular formula is C10H19NO2. The van der Waals surface area contributed by atoms with E-state index in [4.69, 9.17) is 5.11 Å². The second kappa shape index (κ2) is 4.61. The SMILES string of the molecule is CC1CCCC(C)N1CCC(=O)O. The number of nitrogens with zero attached hydrogens (tertiary/aromatic N) is 1. The highest BCUT2D eigenvalue weighted by atomic mass is 16.4. The molecule has 0 aliphatic carbocycles. The molecule has 3 nitrogen and oxygen atoms in total. The Bertz CT molecular complexity index is 172. The molecule has 0 aromatic rings. The maximum absolute atomic E-state index is 10.4. The number of aliphatic carboxylic acids is 1. The fourth-order valence-corrected chi connectivity index (χ4v) is 2.14. The maximum atomic E-state index is 10.4. The minimum Gasteiger partial charge on any atom is -0.481 e. The van der Waals surface area contributed by atoms with Gasteiger partial charge in [-0.05, 0) is 26.7 Å². The summed E-state index contributed by atoms with van der Waals surface area (Å²) >= 11 is 0. The summed E-state index contributed by atoms with van der Waals surface area (Å²) < 4.78 is 0. The molecule has 1 N–H and O–H groups in total. The van der Waals surface area contributed by atoms with E-state index in [1.165, 1.54) is 19.3 Å². The Kier molecular flexibility index (Phi) is 3.72. The van der Waals surface area contributed by atoms with Crippen molar-refractivity contribution in [3.05, 3.63) is 0 Å². The standard InChI is InChI=1S/C10H19NO2/c1-8-4-3-5-9(2)11(8)7-6-10(12)13/h8-9H,3-7H2,1-2H3,(H,12,13). The van der Waals surface area contributed by atoms with Gasteiger partial charge in [-0.3, -0.25) is 9.69 Å². The van der Waals surface area contributed by atoms with Gasteiger partial charge in [-0.25, -0.2) is 0 Å². The third-order valence-corrected chi connectivity index (χ3v) is 2.96. The number of likely N-dealkylation sites (tertiary alicyclic amines) is 1. The fourth-order valence-electron chi connectivity index (χ4n) is 2.14. The van der Waals surface area contributed by atoms with Crippen molar-refractivity contribution in [1.82, 2.24) is 4.90 Å². The largest absolute Gasteiger partial charge is 0.481 e. The number of rotatable bonds is 3. The van der Waals surface area contributed by atoms with E-state index in [0.717, 1.165) is 0 Å². The van der Waals surface area contributed by atoms with Crippen molar-refractivity contribution in [3.8, 4) is 0 Å². The molecule has 0 aromatic carbocycles. The molecule has 0 saturated carbocycles. The summed E-state index contributed by atoms with van der Waals surface area (Å²) in [6.45, 7) is 5.09. The Morgan fingerprint density at radius 2 is 1.92 bits per heavy atom. The first kappa shape index (κ1) is 10.5. The van der Waals surface area contributed by atoms with E-state index >= 15 is 0 Å². The minimum absolute atomic E-state index is 0.272. The molecule has 1 rings (SSSR count). The van der Waals surface area contributed by atoms with Gasteiger partial charge in [-0.1, -0.05) is 6.42 Å². The third kappa shape index (κ3) is 2.99. The van der Waals surface area contributed by atoms with E-state index in [-0.39, 0.29) is 6.42 Å². The van der Waals surface area contributed by atoms with Crippen LogP contribution in [0.3, 0.4) is 0 Å². The molecule has 1 fully saturated rings. The van der Waals surface area contributed by atoms with Gasteiger partial charge in [0.25, 0.3) is 0 Å². The van der Waals surface area contributed by atoms with Crippen LogP contribution in [0.15, 0.2) is 0 Å². The van der Waals surface area contributed by atoms with E-state index in [1.54, 1.807) is 0 Å². The number of hydrogen-bond acceptors (Lipinski definition) is 2. The van der Waals surface area contributed by atoms with Crippen LogP contribution in [0.2, 0.25) is 0 Å². The number of piperidine rings is 1. The molecule has 1 aliphatic heterocycles. The number of hydrogen-bond donors (Lipinski definition) is 1. The van der Waals surface area contributed by atoms with Gasteiger partial charge < -0.3 is 5.11 Å². The zero-order valence-electron chi connectivity index (χ0n) is 8.49. The average molecular weight is 185 g/mol. The molecular weight excluding hydrogens is 166 g/mol. The van der Waals surface area contributed by atoms with Gasteiger partial charge in [0.1, 0.15) is 0 Å². The van der Waals surface area contributed by atoms with Crippen molar-refractivity contribution in [2.45, 2.75) is 51.6 Å². The first-order valence-electron chi connectivity index (χ1n) is 5.09. The maximum Gasteiger partial charge on any atom is 0.304 e. The van der Waals surface area contributed by atoms with Crippen LogP contribution in [0.5, 0.6) is 0 Å². The summed E-state index contributed by atoms with van der Waals surface area (Å²) in [5.41, 5.74) is 0. The van der Waals surface area contributed by atoms with Crippen LogP contribution in [0.4, 0.5) is 0 Å². The van der Waals surface area contributed by atoms with E-state index in [2.05, 4.69) is 18.7 Å². The highest BCUT2D eigenvalue weighted by Crippen LogP contribution is 2.22. The number of carboxylic acids is 1. The van der Waals surface area contributed by atoms with E-state index in [9.17, 15) is 4.79 Å².